The Balaban J connectivity index is 1.17. The number of carbonyl (C=O) groups excluding carboxylic acids is 1. The maximum absolute atomic E-state index is 13.0. The average Bonchev–Trinajstić information content (AvgIpc) is 2.80. The van der Waals surface area contributed by atoms with Gasteiger partial charge in [-0.3, -0.25) is 4.79 Å². The summed E-state index contributed by atoms with van der Waals surface area (Å²) in [6, 6.07) is 21.3. The number of rotatable bonds is 6. The molecule has 29 heavy (non-hydrogen) atoms. The van der Waals surface area contributed by atoms with Gasteiger partial charge in [-0.05, 0) is 63.0 Å². The lowest BCUT2D eigenvalue weighted by Crippen LogP contribution is -2.51. The van der Waals surface area contributed by atoms with E-state index in [-0.39, 0.29) is 5.92 Å². The molecule has 4 heteroatoms. The smallest absolute Gasteiger partial charge is 0.225 e. The summed E-state index contributed by atoms with van der Waals surface area (Å²) in [6.45, 7) is 6.86. The van der Waals surface area contributed by atoms with Crippen LogP contribution in [0.4, 0.5) is 5.69 Å². The van der Waals surface area contributed by atoms with Crippen LogP contribution in [0.3, 0.4) is 0 Å². The van der Waals surface area contributed by atoms with E-state index in [4.69, 9.17) is 0 Å². The number of hydrogen-bond acceptors (Lipinski definition) is 3. The molecule has 1 amide bonds. The van der Waals surface area contributed by atoms with Gasteiger partial charge >= 0.3 is 0 Å². The fraction of sp³-hybridized carbons (Fsp3) is 0.480. The lowest BCUT2D eigenvalue weighted by Gasteiger charge is -2.39. The number of amides is 1. The third kappa shape index (κ3) is 5.39. The summed E-state index contributed by atoms with van der Waals surface area (Å²) in [5.74, 6) is 0.616. The molecule has 0 saturated carbocycles. The van der Waals surface area contributed by atoms with Crippen LogP contribution < -0.4 is 4.90 Å². The van der Waals surface area contributed by atoms with Crippen LogP contribution in [-0.2, 0) is 11.2 Å². The highest BCUT2D eigenvalue weighted by atomic mass is 16.2. The molecule has 0 bridgehead atoms. The molecule has 0 N–H and O–H groups in total. The van der Waals surface area contributed by atoms with Crippen molar-refractivity contribution in [2.24, 2.45) is 5.92 Å². The first-order chi connectivity index (χ1) is 14.3. The van der Waals surface area contributed by atoms with E-state index < -0.39 is 0 Å². The molecule has 2 saturated heterocycles. The van der Waals surface area contributed by atoms with Crippen molar-refractivity contribution in [3.63, 3.8) is 0 Å². The highest BCUT2D eigenvalue weighted by molar-refractivity contribution is 5.79. The van der Waals surface area contributed by atoms with E-state index in [1.54, 1.807) is 0 Å². The molecule has 0 aromatic heterocycles. The van der Waals surface area contributed by atoms with Gasteiger partial charge in [-0.1, -0.05) is 48.5 Å². The van der Waals surface area contributed by atoms with Gasteiger partial charge in [0.05, 0.1) is 0 Å². The molecule has 2 fully saturated rings. The van der Waals surface area contributed by atoms with Gasteiger partial charge in [-0.25, -0.2) is 0 Å². The number of piperidine rings is 1. The van der Waals surface area contributed by atoms with E-state index in [2.05, 4.69) is 75.4 Å². The van der Waals surface area contributed by atoms with E-state index in [1.165, 1.54) is 17.7 Å². The predicted octanol–water partition coefficient (Wildman–Crippen LogP) is 3.68. The van der Waals surface area contributed by atoms with E-state index in [9.17, 15) is 4.79 Å². The number of piperazine rings is 1. The maximum atomic E-state index is 13.0. The van der Waals surface area contributed by atoms with Crippen molar-refractivity contribution in [1.29, 1.82) is 0 Å². The Morgan fingerprint density at radius 3 is 2.07 bits per heavy atom. The molecule has 0 spiro atoms. The topological polar surface area (TPSA) is 26.8 Å². The van der Waals surface area contributed by atoms with Gasteiger partial charge in [0.2, 0.25) is 5.91 Å². The first-order valence-electron chi connectivity index (χ1n) is 11.1. The van der Waals surface area contributed by atoms with Crippen LogP contribution in [-0.4, -0.2) is 61.5 Å². The van der Waals surface area contributed by atoms with Gasteiger partial charge in [0, 0.05) is 37.8 Å². The molecule has 2 aromatic rings. The molecular formula is C25H33N3O. The van der Waals surface area contributed by atoms with Gasteiger partial charge in [0.25, 0.3) is 0 Å². The number of carbonyl (C=O) groups is 1. The Labute approximate surface area is 175 Å². The highest BCUT2D eigenvalue weighted by Crippen LogP contribution is 2.22. The summed E-state index contributed by atoms with van der Waals surface area (Å²) >= 11 is 0. The number of benzene rings is 2. The molecule has 0 atom stereocenters. The summed E-state index contributed by atoms with van der Waals surface area (Å²) < 4.78 is 0. The Morgan fingerprint density at radius 1 is 0.793 bits per heavy atom. The van der Waals surface area contributed by atoms with Crippen molar-refractivity contribution in [3.05, 3.63) is 66.2 Å². The van der Waals surface area contributed by atoms with Crippen LogP contribution in [0, 0.1) is 5.92 Å². The lowest BCUT2D eigenvalue weighted by molar-refractivity contribution is -0.137. The van der Waals surface area contributed by atoms with E-state index >= 15 is 0 Å². The van der Waals surface area contributed by atoms with Crippen LogP contribution in [0.5, 0.6) is 0 Å². The van der Waals surface area contributed by atoms with Gasteiger partial charge in [-0.2, -0.15) is 0 Å². The second kappa shape index (κ2) is 9.93. The third-order valence-electron chi connectivity index (χ3n) is 6.43. The number of aryl methyl sites for hydroxylation is 1. The molecular weight excluding hydrogens is 358 g/mol. The first-order valence-corrected chi connectivity index (χ1v) is 11.1. The second-order valence-electron chi connectivity index (χ2n) is 8.35. The summed E-state index contributed by atoms with van der Waals surface area (Å²) in [5, 5.41) is 0. The summed E-state index contributed by atoms with van der Waals surface area (Å²) in [7, 11) is 0. The molecule has 2 aliphatic rings. The first kappa shape index (κ1) is 20.0. The Morgan fingerprint density at radius 2 is 1.41 bits per heavy atom. The molecule has 4 rings (SSSR count). The van der Waals surface area contributed by atoms with Crippen molar-refractivity contribution in [2.45, 2.75) is 25.7 Å². The lowest BCUT2D eigenvalue weighted by atomic mass is 9.94. The summed E-state index contributed by atoms with van der Waals surface area (Å²) in [6.07, 6.45) is 4.38. The number of hydrogen-bond donors (Lipinski definition) is 0. The SMILES string of the molecule is O=C(C1CCN(CCCc2ccccc2)CC1)N1CCN(c2ccccc2)CC1. The largest absolute Gasteiger partial charge is 0.368 e. The number of para-hydroxylation sites is 1. The van der Waals surface area contributed by atoms with Crippen molar-refractivity contribution < 1.29 is 4.79 Å². The Hall–Kier alpha value is -2.33. The maximum Gasteiger partial charge on any atom is 0.225 e. The number of anilines is 1. The van der Waals surface area contributed by atoms with Gasteiger partial charge < -0.3 is 14.7 Å². The minimum atomic E-state index is 0.226. The quantitative estimate of drug-likeness (QED) is 0.752. The standard InChI is InChI=1S/C25H33N3O/c29-25(28-20-18-27(19-21-28)24-11-5-2-6-12-24)23-13-16-26(17-14-23)15-7-10-22-8-3-1-4-9-22/h1-6,8-9,11-12,23H,7,10,13-21H2. The second-order valence-corrected chi connectivity index (χ2v) is 8.35. The minimum absolute atomic E-state index is 0.226. The van der Waals surface area contributed by atoms with Crippen LogP contribution in [0.25, 0.3) is 0 Å². The molecule has 2 heterocycles. The van der Waals surface area contributed by atoms with Crippen LogP contribution in [0.15, 0.2) is 60.7 Å². The van der Waals surface area contributed by atoms with E-state index in [1.807, 2.05) is 0 Å². The predicted molar refractivity (Wildman–Crippen MR) is 119 cm³/mol. The zero-order valence-corrected chi connectivity index (χ0v) is 17.4. The van der Waals surface area contributed by atoms with Crippen LogP contribution in [0.1, 0.15) is 24.8 Å². The molecule has 0 radical (unpaired) electrons. The zero-order valence-electron chi connectivity index (χ0n) is 17.4. The zero-order chi connectivity index (χ0) is 19.9. The monoisotopic (exact) mass is 391 g/mol. The molecule has 4 nitrogen and oxygen atoms in total. The molecule has 2 aliphatic heterocycles. The minimum Gasteiger partial charge on any atom is -0.368 e. The number of likely N-dealkylation sites (tertiary alicyclic amines) is 1. The van der Waals surface area contributed by atoms with Crippen LogP contribution in [0.2, 0.25) is 0 Å². The van der Waals surface area contributed by atoms with Crippen molar-refractivity contribution in [2.75, 3.05) is 50.7 Å². The molecule has 0 aliphatic carbocycles. The average molecular weight is 392 g/mol. The van der Waals surface area contributed by atoms with Gasteiger partial charge in [-0.15, -0.1) is 0 Å². The van der Waals surface area contributed by atoms with E-state index in [0.29, 0.717) is 5.91 Å². The molecule has 2 aromatic carbocycles. The molecule has 154 valence electrons. The Kier molecular flexibility index (Phi) is 6.83. The normalized spacial score (nSPS) is 18.8. The van der Waals surface area contributed by atoms with Crippen LogP contribution >= 0.6 is 0 Å². The van der Waals surface area contributed by atoms with E-state index in [0.717, 1.165) is 65.1 Å². The van der Waals surface area contributed by atoms with Crippen molar-refractivity contribution >= 4 is 11.6 Å². The highest BCUT2D eigenvalue weighted by Gasteiger charge is 2.30. The van der Waals surface area contributed by atoms with Gasteiger partial charge in [0.1, 0.15) is 0 Å². The summed E-state index contributed by atoms with van der Waals surface area (Å²) in [5.41, 5.74) is 2.69. The Bertz CT molecular complexity index is 748. The number of nitrogens with zero attached hydrogens (tertiary/aromatic N) is 3. The van der Waals surface area contributed by atoms with Crippen molar-refractivity contribution in [3.8, 4) is 0 Å². The fourth-order valence-electron chi connectivity index (χ4n) is 4.64. The van der Waals surface area contributed by atoms with Crippen molar-refractivity contribution in [1.82, 2.24) is 9.80 Å². The fourth-order valence-corrected chi connectivity index (χ4v) is 4.64. The third-order valence-corrected chi connectivity index (χ3v) is 6.43. The summed E-state index contributed by atoms with van der Waals surface area (Å²) in [4.78, 5) is 20.0. The van der Waals surface area contributed by atoms with Gasteiger partial charge in [0.15, 0.2) is 0 Å². The molecule has 0 unspecified atom stereocenters.